The van der Waals surface area contributed by atoms with Gasteiger partial charge in [-0.25, -0.2) is 0 Å². The molecule has 2 heterocycles. The molecule has 0 bridgehead atoms. The van der Waals surface area contributed by atoms with Crippen LogP contribution in [0.1, 0.15) is 6.42 Å². The minimum atomic E-state index is -0.856. The van der Waals surface area contributed by atoms with Crippen molar-refractivity contribution in [3.8, 4) is 0 Å². The lowest BCUT2D eigenvalue weighted by atomic mass is 10.3. The van der Waals surface area contributed by atoms with Crippen LogP contribution in [0.3, 0.4) is 0 Å². The molecule has 8 heteroatoms. The van der Waals surface area contributed by atoms with Crippen molar-refractivity contribution in [1.29, 1.82) is 0 Å². The standard InChI is InChI=1S/C10H16N4O3S/c1-13-9(14-4-3-7(5-14)17-2)11-12-10(13)18-6-8(15)16/h7H,3-6H2,1-2H3,(H,15,16). The Kier molecular flexibility index (Phi) is 4.07. The SMILES string of the molecule is COC1CCN(c2nnc(SCC(=O)O)n2C)C1. The molecule has 1 aromatic rings. The number of carboxylic acids is 1. The van der Waals surface area contributed by atoms with E-state index in [1.807, 2.05) is 11.6 Å². The Bertz CT molecular complexity index is 437. The largest absolute Gasteiger partial charge is 0.481 e. The Morgan fingerprint density at radius 3 is 3.00 bits per heavy atom. The number of aromatic nitrogens is 3. The summed E-state index contributed by atoms with van der Waals surface area (Å²) in [4.78, 5) is 12.6. The number of ether oxygens (including phenoxy) is 1. The van der Waals surface area contributed by atoms with Gasteiger partial charge in [-0.1, -0.05) is 11.8 Å². The van der Waals surface area contributed by atoms with Crippen LogP contribution in [0.25, 0.3) is 0 Å². The summed E-state index contributed by atoms with van der Waals surface area (Å²) >= 11 is 1.17. The Balaban J connectivity index is 2.04. The zero-order valence-corrected chi connectivity index (χ0v) is 11.2. The first-order chi connectivity index (χ1) is 8.61. The van der Waals surface area contributed by atoms with Crippen LogP contribution >= 0.6 is 11.8 Å². The van der Waals surface area contributed by atoms with Crippen molar-refractivity contribution in [3.63, 3.8) is 0 Å². The maximum atomic E-state index is 10.5. The predicted molar refractivity (Wildman–Crippen MR) is 67.0 cm³/mol. The first-order valence-electron chi connectivity index (χ1n) is 5.63. The van der Waals surface area contributed by atoms with Crippen molar-refractivity contribution < 1.29 is 14.6 Å². The highest BCUT2D eigenvalue weighted by Gasteiger charge is 2.26. The average Bonchev–Trinajstić information content (AvgIpc) is 2.93. The van der Waals surface area contributed by atoms with Gasteiger partial charge in [0.25, 0.3) is 0 Å². The number of carbonyl (C=O) groups is 1. The Morgan fingerprint density at radius 1 is 1.61 bits per heavy atom. The number of methoxy groups -OCH3 is 1. The second-order valence-electron chi connectivity index (χ2n) is 4.12. The van der Waals surface area contributed by atoms with Crippen LogP contribution in [-0.2, 0) is 16.6 Å². The lowest BCUT2D eigenvalue weighted by molar-refractivity contribution is -0.133. The Hall–Kier alpha value is -1.28. The molecule has 1 aliphatic rings. The molecule has 1 N–H and O–H groups in total. The molecule has 1 fully saturated rings. The minimum Gasteiger partial charge on any atom is -0.481 e. The number of thioether (sulfide) groups is 1. The molecular formula is C10H16N4O3S. The van der Waals surface area contributed by atoms with Crippen molar-refractivity contribution in [2.75, 3.05) is 30.9 Å². The maximum Gasteiger partial charge on any atom is 0.313 e. The van der Waals surface area contributed by atoms with Crippen LogP contribution in [0.5, 0.6) is 0 Å². The molecule has 0 saturated carbocycles. The summed E-state index contributed by atoms with van der Waals surface area (Å²) in [7, 11) is 3.55. The predicted octanol–water partition coefficient (Wildman–Crippen LogP) is 0.217. The summed E-state index contributed by atoms with van der Waals surface area (Å²) in [6.45, 7) is 1.68. The zero-order chi connectivity index (χ0) is 13.1. The number of hydrogen-bond acceptors (Lipinski definition) is 6. The molecule has 100 valence electrons. The zero-order valence-electron chi connectivity index (χ0n) is 10.4. The van der Waals surface area contributed by atoms with E-state index in [1.54, 1.807) is 7.11 Å². The molecule has 1 saturated heterocycles. The van der Waals surface area contributed by atoms with E-state index in [9.17, 15) is 4.79 Å². The molecule has 1 aliphatic heterocycles. The number of nitrogens with zero attached hydrogens (tertiary/aromatic N) is 4. The van der Waals surface area contributed by atoms with Gasteiger partial charge in [-0.3, -0.25) is 9.36 Å². The molecule has 1 unspecified atom stereocenters. The third-order valence-electron chi connectivity index (χ3n) is 2.90. The van der Waals surface area contributed by atoms with Gasteiger partial charge in [0.15, 0.2) is 5.16 Å². The quantitative estimate of drug-likeness (QED) is 0.768. The van der Waals surface area contributed by atoms with Gasteiger partial charge in [-0.2, -0.15) is 0 Å². The second kappa shape index (κ2) is 5.57. The van der Waals surface area contributed by atoms with Gasteiger partial charge in [0.1, 0.15) is 0 Å². The van der Waals surface area contributed by atoms with E-state index in [0.29, 0.717) is 5.16 Å². The van der Waals surface area contributed by atoms with Crippen molar-refractivity contribution in [2.45, 2.75) is 17.7 Å². The molecule has 0 radical (unpaired) electrons. The number of rotatable bonds is 5. The summed E-state index contributed by atoms with van der Waals surface area (Å²) in [6.07, 6.45) is 1.21. The monoisotopic (exact) mass is 272 g/mol. The van der Waals surface area contributed by atoms with Crippen molar-refractivity contribution >= 4 is 23.7 Å². The summed E-state index contributed by atoms with van der Waals surface area (Å²) in [5.41, 5.74) is 0. The molecular weight excluding hydrogens is 256 g/mol. The number of hydrogen-bond donors (Lipinski definition) is 1. The molecule has 0 amide bonds. The Morgan fingerprint density at radius 2 is 2.39 bits per heavy atom. The molecule has 1 atom stereocenters. The molecule has 18 heavy (non-hydrogen) atoms. The third-order valence-corrected chi connectivity index (χ3v) is 3.90. The lowest BCUT2D eigenvalue weighted by Crippen LogP contribution is -2.25. The van der Waals surface area contributed by atoms with Crippen LogP contribution in [0.15, 0.2) is 5.16 Å². The normalized spacial score (nSPS) is 19.4. The number of anilines is 1. The van der Waals surface area contributed by atoms with Crippen LogP contribution in [0.4, 0.5) is 5.95 Å². The molecule has 0 aromatic carbocycles. The highest BCUT2D eigenvalue weighted by Crippen LogP contribution is 2.23. The van der Waals surface area contributed by atoms with E-state index in [-0.39, 0.29) is 11.9 Å². The van der Waals surface area contributed by atoms with Gasteiger partial charge in [-0.05, 0) is 6.42 Å². The maximum absolute atomic E-state index is 10.5. The van der Waals surface area contributed by atoms with E-state index in [4.69, 9.17) is 9.84 Å². The number of carboxylic acid groups (broad SMARTS) is 1. The summed E-state index contributed by atoms with van der Waals surface area (Å²) < 4.78 is 7.13. The minimum absolute atomic E-state index is 0.00727. The molecule has 0 spiro atoms. The van der Waals surface area contributed by atoms with E-state index in [0.717, 1.165) is 25.5 Å². The van der Waals surface area contributed by atoms with Crippen molar-refractivity contribution in [1.82, 2.24) is 14.8 Å². The van der Waals surface area contributed by atoms with Crippen molar-refractivity contribution in [2.24, 2.45) is 7.05 Å². The van der Waals surface area contributed by atoms with Crippen LogP contribution in [-0.4, -0.2) is 57.9 Å². The third kappa shape index (κ3) is 2.75. The average molecular weight is 272 g/mol. The van der Waals surface area contributed by atoms with Gasteiger partial charge in [-0.15, -0.1) is 10.2 Å². The van der Waals surface area contributed by atoms with Crippen LogP contribution in [0.2, 0.25) is 0 Å². The van der Waals surface area contributed by atoms with Gasteiger partial charge >= 0.3 is 5.97 Å². The van der Waals surface area contributed by atoms with Gasteiger partial charge < -0.3 is 14.7 Å². The number of aliphatic carboxylic acids is 1. The first kappa shape index (κ1) is 13.2. The second-order valence-corrected chi connectivity index (χ2v) is 5.06. The molecule has 7 nitrogen and oxygen atoms in total. The summed E-state index contributed by atoms with van der Waals surface area (Å²) in [5.74, 6) is -0.0974. The molecule has 2 rings (SSSR count). The van der Waals surface area contributed by atoms with Crippen LogP contribution < -0.4 is 4.90 Å². The van der Waals surface area contributed by atoms with Crippen LogP contribution in [0, 0.1) is 0 Å². The lowest BCUT2D eigenvalue weighted by Gasteiger charge is -2.16. The summed E-state index contributed by atoms with van der Waals surface area (Å²) in [6, 6.07) is 0. The van der Waals surface area contributed by atoms with E-state index in [2.05, 4.69) is 15.1 Å². The molecule has 0 aliphatic carbocycles. The Labute approximate surface area is 109 Å². The molecule has 1 aromatic heterocycles. The fraction of sp³-hybridized carbons (Fsp3) is 0.700. The smallest absolute Gasteiger partial charge is 0.313 e. The van der Waals surface area contributed by atoms with Crippen molar-refractivity contribution in [3.05, 3.63) is 0 Å². The van der Waals surface area contributed by atoms with E-state index < -0.39 is 5.97 Å². The first-order valence-corrected chi connectivity index (χ1v) is 6.62. The van der Waals surface area contributed by atoms with Gasteiger partial charge in [0.05, 0.1) is 11.9 Å². The fourth-order valence-electron chi connectivity index (χ4n) is 1.94. The highest BCUT2D eigenvalue weighted by atomic mass is 32.2. The fourth-order valence-corrected chi connectivity index (χ4v) is 2.56. The van der Waals surface area contributed by atoms with E-state index in [1.165, 1.54) is 11.8 Å². The topological polar surface area (TPSA) is 80.5 Å². The van der Waals surface area contributed by atoms with Gasteiger partial charge in [0.2, 0.25) is 5.95 Å². The van der Waals surface area contributed by atoms with Gasteiger partial charge in [0, 0.05) is 27.2 Å². The highest BCUT2D eigenvalue weighted by molar-refractivity contribution is 7.99. The van der Waals surface area contributed by atoms with E-state index >= 15 is 0 Å². The summed E-state index contributed by atoms with van der Waals surface area (Å²) in [5, 5.41) is 17.4.